The second-order valence-electron chi connectivity index (χ2n) is 11.1. The van der Waals surface area contributed by atoms with Gasteiger partial charge in [-0.2, -0.15) is 5.26 Å². The van der Waals surface area contributed by atoms with Crippen molar-refractivity contribution in [3.05, 3.63) is 30.0 Å². The molecule has 2 bridgehead atoms. The Morgan fingerprint density at radius 2 is 2.11 bits per heavy atom. The molecule has 3 amide bonds. The first-order valence-corrected chi connectivity index (χ1v) is 13.0. The van der Waals surface area contributed by atoms with Gasteiger partial charge in [0.1, 0.15) is 29.3 Å². The van der Waals surface area contributed by atoms with Gasteiger partial charge in [0.15, 0.2) is 0 Å². The van der Waals surface area contributed by atoms with E-state index >= 15 is 0 Å². The minimum atomic E-state index is -1.19. The van der Waals surface area contributed by atoms with Crippen molar-refractivity contribution >= 4 is 28.6 Å². The molecule has 1 saturated heterocycles. The standard InChI is InChI=1S/C27H31N5O5/c1-37-20-4-2-3-17-15(20)10-19(29-17)23(33)30-18(9-13-5-6-13)24(34)32-27(12-28)11-14-7-8-16(27)22-21(14)25(35)31-26(22)36/h2-4,10,13-14,16,18,21-22,26,29,36H,5-9,11H2,1H3,(H,30,33)(H,31,35)(H,32,34)/t14?,16?,18?,21-,22+,26?,27?/m0/s1. The number of methoxy groups -OCH3 is 1. The third-order valence-electron chi connectivity index (χ3n) is 8.93. The highest BCUT2D eigenvalue weighted by atomic mass is 16.5. The number of hydrogen-bond acceptors (Lipinski definition) is 6. The third kappa shape index (κ3) is 3.93. The lowest BCUT2D eigenvalue weighted by molar-refractivity contribution is -0.134. The normalized spacial score (nSPS) is 32.8. The van der Waals surface area contributed by atoms with Crippen molar-refractivity contribution in [2.45, 2.75) is 56.3 Å². The summed E-state index contributed by atoms with van der Waals surface area (Å²) in [5.41, 5.74) is -0.112. The van der Waals surface area contributed by atoms with Crippen LogP contribution < -0.4 is 20.7 Å². The minimum absolute atomic E-state index is 0.0788. The van der Waals surface area contributed by atoms with E-state index in [-0.39, 0.29) is 23.7 Å². The summed E-state index contributed by atoms with van der Waals surface area (Å²) in [5, 5.41) is 30.1. The maximum atomic E-state index is 13.6. The first-order chi connectivity index (χ1) is 17.8. The van der Waals surface area contributed by atoms with Crippen LogP contribution in [0.4, 0.5) is 0 Å². The van der Waals surface area contributed by atoms with Crippen LogP contribution in [-0.4, -0.2) is 52.7 Å². The number of nitrogens with zero attached hydrogens (tertiary/aromatic N) is 1. The fourth-order valence-electron chi connectivity index (χ4n) is 7.03. The van der Waals surface area contributed by atoms with E-state index in [0.29, 0.717) is 36.6 Å². The summed E-state index contributed by atoms with van der Waals surface area (Å²) >= 11 is 0. The molecule has 2 aromatic rings. The van der Waals surface area contributed by atoms with Crippen LogP contribution >= 0.6 is 0 Å². The lowest BCUT2D eigenvalue weighted by Gasteiger charge is -2.53. The number of aromatic nitrogens is 1. The molecule has 5 unspecified atom stereocenters. The number of ether oxygens (including phenoxy) is 1. The van der Waals surface area contributed by atoms with Crippen LogP contribution in [0.2, 0.25) is 0 Å². The maximum Gasteiger partial charge on any atom is 0.268 e. The average molecular weight is 506 g/mol. The van der Waals surface area contributed by atoms with Crippen molar-refractivity contribution in [2.75, 3.05) is 7.11 Å². The number of nitriles is 1. The first kappa shape index (κ1) is 23.8. The van der Waals surface area contributed by atoms with E-state index in [0.717, 1.165) is 30.2 Å². The molecule has 10 nitrogen and oxygen atoms in total. The average Bonchev–Trinajstić information content (AvgIpc) is 3.51. The van der Waals surface area contributed by atoms with E-state index in [2.05, 4.69) is 27.0 Å². The number of amides is 3. The quantitative estimate of drug-likeness (QED) is 0.384. The van der Waals surface area contributed by atoms with Crippen LogP contribution in [0.25, 0.3) is 10.9 Å². The van der Waals surface area contributed by atoms with Crippen LogP contribution in [0, 0.1) is 40.9 Å². The number of carbonyl (C=O) groups excluding carboxylic acids is 3. The summed E-state index contributed by atoms with van der Waals surface area (Å²) in [7, 11) is 1.57. The summed E-state index contributed by atoms with van der Waals surface area (Å²) in [6.45, 7) is 0. The Bertz CT molecular complexity index is 1310. The largest absolute Gasteiger partial charge is 0.496 e. The number of benzene rings is 1. The molecular weight excluding hydrogens is 474 g/mol. The van der Waals surface area contributed by atoms with Crippen molar-refractivity contribution in [3.63, 3.8) is 0 Å². The third-order valence-corrected chi connectivity index (χ3v) is 8.93. The van der Waals surface area contributed by atoms with Gasteiger partial charge in [0.05, 0.1) is 13.2 Å². The minimum Gasteiger partial charge on any atom is -0.496 e. The van der Waals surface area contributed by atoms with Gasteiger partial charge in [0.25, 0.3) is 5.91 Å². The SMILES string of the molecule is COc1cccc2[nH]c(C(=O)NC(CC3CC3)C(=O)NC3(C#N)CC4CCC3[C@H]3C(O)NC(=O)[C@@H]43)cc12. The zero-order valence-electron chi connectivity index (χ0n) is 20.6. The molecule has 194 valence electrons. The molecule has 7 rings (SSSR count). The Balaban J connectivity index is 1.23. The smallest absolute Gasteiger partial charge is 0.268 e. The summed E-state index contributed by atoms with van der Waals surface area (Å²) in [6.07, 6.45) is 3.29. The highest BCUT2D eigenvalue weighted by molar-refractivity contribution is 6.01. The van der Waals surface area contributed by atoms with E-state index < -0.39 is 35.5 Å². The Morgan fingerprint density at radius 3 is 2.84 bits per heavy atom. The molecule has 0 radical (unpaired) electrons. The van der Waals surface area contributed by atoms with Crippen LogP contribution in [0.5, 0.6) is 5.75 Å². The number of rotatable bonds is 7. The van der Waals surface area contributed by atoms with E-state index in [1.165, 1.54) is 0 Å². The van der Waals surface area contributed by atoms with E-state index in [1.807, 2.05) is 18.2 Å². The number of aliphatic hydroxyl groups is 1. The highest BCUT2D eigenvalue weighted by Gasteiger charge is 2.63. The van der Waals surface area contributed by atoms with Gasteiger partial charge in [0.2, 0.25) is 11.8 Å². The van der Waals surface area contributed by atoms with E-state index in [4.69, 9.17) is 4.74 Å². The van der Waals surface area contributed by atoms with Crippen LogP contribution in [-0.2, 0) is 9.59 Å². The number of nitrogens with one attached hydrogen (secondary N) is 4. The van der Waals surface area contributed by atoms with Gasteiger partial charge in [-0.05, 0) is 55.7 Å². The number of aromatic amines is 1. The van der Waals surface area contributed by atoms with Crippen molar-refractivity contribution in [1.29, 1.82) is 5.26 Å². The summed E-state index contributed by atoms with van der Waals surface area (Å²) in [6, 6.07) is 8.75. The molecular formula is C27H31N5O5. The van der Waals surface area contributed by atoms with Gasteiger partial charge < -0.3 is 30.8 Å². The summed E-state index contributed by atoms with van der Waals surface area (Å²) in [4.78, 5) is 42.4. The predicted molar refractivity (Wildman–Crippen MR) is 132 cm³/mol. The van der Waals surface area contributed by atoms with E-state index in [1.54, 1.807) is 13.2 Å². The number of fused-ring (bicyclic) bond motifs is 3. The number of carbonyl (C=O) groups is 3. The van der Waals surface area contributed by atoms with Crippen molar-refractivity contribution in [2.24, 2.45) is 29.6 Å². The molecule has 5 fully saturated rings. The second-order valence-corrected chi connectivity index (χ2v) is 11.1. The highest BCUT2D eigenvalue weighted by Crippen LogP contribution is 2.56. The molecule has 10 heteroatoms. The number of hydrogen-bond donors (Lipinski definition) is 5. The van der Waals surface area contributed by atoms with Crippen molar-refractivity contribution in [1.82, 2.24) is 20.9 Å². The topological polar surface area (TPSA) is 156 Å². The number of H-pyrrole nitrogens is 1. The van der Waals surface area contributed by atoms with Crippen molar-refractivity contribution in [3.8, 4) is 11.8 Å². The summed E-state index contributed by atoms with van der Waals surface area (Å²) in [5.74, 6) is -1.13. The Morgan fingerprint density at radius 1 is 1.30 bits per heavy atom. The molecule has 4 saturated carbocycles. The van der Waals surface area contributed by atoms with Gasteiger partial charge in [-0.25, -0.2) is 0 Å². The Hall–Kier alpha value is -3.58. The van der Waals surface area contributed by atoms with Crippen LogP contribution in [0.15, 0.2) is 24.3 Å². The maximum absolute atomic E-state index is 13.6. The molecule has 5 N–H and O–H groups in total. The lowest BCUT2D eigenvalue weighted by Crippen LogP contribution is -2.66. The van der Waals surface area contributed by atoms with Gasteiger partial charge in [0, 0.05) is 28.7 Å². The second kappa shape index (κ2) is 8.77. The molecule has 7 atom stereocenters. The fraction of sp³-hybridized carbons (Fsp3) is 0.556. The molecule has 1 aliphatic heterocycles. The fourth-order valence-corrected chi connectivity index (χ4v) is 7.03. The van der Waals surface area contributed by atoms with Crippen molar-refractivity contribution < 1.29 is 24.2 Å². The Labute approximate surface area is 214 Å². The van der Waals surface area contributed by atoms with Gasteiger partial charge >= 0.3 is 0 Å². The van der Waals surface area contributed by atoms with Crippen LogP contribution in [0.1, 0.15) is 49.0 Å². The summed E-state index contributed by atoms with van der Waals surface area (Å²) < 4.78 is 5.39. The monoisotopic (exact) mass is 505 g/mol. The van der Waals surface area contributed by atoms with Gasteiger partial charge in [-0.3, -0.25) is 14.4 Å². The zero-order chi connectivity index (χ0) is 25.9. The van der Waals surface area contributed by atoms with Gasteiger partial charge in [-0.1, -0.05) is 18.9 Å². The van der Waals surface area contributed by atoms with Gasteiger partial charge in [-0.15, -0.1) is 0 Å². The number of aliphatic hydroxyl groups excluding tert-OH is 1. The predicted octanol–water partition coefficient (Wildman–Crippen LogP) is 1.56. The first-order valence-electron chi connectivity index (χ1n) is 13.0. The molecule has 4 aliphatic carbocycles. The van der Waals surface area contributed by atoms with Crippen LogP contribution in [0.3, 0.4) is 0 Å². The molecule has 2 heterocycles. The molecule has 1 aromatic heterocycles. The molecule has 1 aromatic carbocycles. The van der Waals surface area contributed by atoms with E-state index in [9.17, 15) is 24.8 Å². The zero-order valence-corrected chi connectivity index (χ0v) is 20.6. The lowest BCUT2D eigenvalue weighted by atomic mass is 9.52. The molecule has 0 spiro atoms. The Kier molecular flexibility index (Phi) is 5.64. The molecule has 5 aliphatic rings. The molecule has 37 heavy (non-hydrogen) atoms.